The number of nitrogens with one attached hydrogen (secondary N) is 1. The number of amides is 1. The number of halogens is 3. The summed E-state index contributed by atoms with van der Waals surface area (Å²) in [6.45, 7) is -0.382. The number of benzene rings is 1. The van der Waals surface area contributed by atoms with E-state index in [4.69, 9.17) is 0 Å². The molecule has 0 radical (unpaired) electrons. The van der Waals surface area contributed by atoms with Crippen molar-refractivity contribution < 1.29 is 18.0 Å². The van der Waals surface area contributed by atoms with Gasteiger partial charge in [-0.05, 0) is 18.2 Å². The van der Waals surface area contributed by atoms with Gasteiger partial charge >= 0.3 is 11.9 Å². The van der Waals surface area contributed by atoms with Crippen LogP contribution in [0.3, 0.4) is 0 Å². The molecule has 3 aromatic rings. The molecule has 3 rings (SSSR count). The molecule has 2 aromatic heterocycles. The van der Waals surface area contributed by atoms with E-state index in [2.05, 4.69) is 10.3 Å². The summed E-state index contributed by atoms with van der Waals surface area (Å²) in [6, 6.07) is 3.04. The molecule has 0 saturated heterocycles. The minimum absolute atomic E-state index is 0.0236. The standard InChI is InChI=1S/C18H19F3N6O3/c1-24(2)12-6-5-10(18(19,20)21)7-11(12)23-13(28)8-27-9-22-15-14(27)16(29)26(4)17(30)25(15)3/h5-7,9H,8H2,1-4H3,(H,23,28). The van der Waals surface area contributed by atoms with Gasteiger partial charge in [0.05, 0.1) is 23.3 Å². The molecule has 9 nitrogen and oxygen atoms in total. The Labute approximate surface area is 168 Å². The number of fused-ring (bicyclic) bond motifs is 1. The van der Waals surface area contributed by atoms with Crippen LogP contribution >= 0.6 is 0 Å². The third-order valence-corrected chi connectivity index (χ3v) is 4.61. The molecule has 0 saturated carbocycles. The van der Waals surface area contributed by atoms with Crippen molar-refractivity contribution in [3.63, 3.8) is 0 Å². The third kappa shape index (κ3) is 3.67. The Morgan fingerprint density at radius 3 is 2.43 bits per heavy atom. The molecule has 1 amide bonds. The Hall–Kier alpha value is -3.57. The van der Waals surface area contributed by atoms with E-state index in [1.807, 2.05) is 0 Å². The second-order valence-electron chi connectivity index (χ2n) is 6.92. The number of nitrogens with zero attached hydrogens (tertiary/aromatic N) is 5. The molecular weight excluding hydrogens is 405 g/mol. The van der Waals surface area contributed by atoms with Gasteiger partial charge in [-0.25, -0.2) is 9.78 Å². The van der Waals surface area contributed by atoms with Crippen molar-refractivity contribution >= 4 is 28.4 Å². The lowest BCUT2D eigenvalue weighted by Crippen LogP contribution is -2.37. The third-order valence-electron chi connectivity index (χ3n) is 4.61. The lowest BCUT2D eigenvalue weighted by Gasteiger charge is -2.20. The van der Waals surface area contributed by atoms with E-state index in [1.54, 1.807) is 19.0 Å². The molecule has 0 bridgehead atoms. The summed E-state index contributed by atoms with van der Waals surface area (Å²) >= 11 is 0. The molecule has 0 atom stereocenters. The largest absolute Gasteiger partial charge is 0.416 e. The molecule has 30 heavy (non-hydrogen) atoms. The van der Waals surface area contributed by atoms with Crippen molar-refractivity contribution in [1.82, 2.24) is 18.7 Å². The minimum atomic E-state index is -4.57. The molecule has 160 valence electrons. The van der Waals surface area contributed by atoms with Crippen LogP contribution in [0, 0.1) is 0 Å². The van der Waals surface area contributed by atoms with Gasteiger partial charge in [0, 0.05) is 28.2 Å². The average molecular weight is 424 g/mol. The van der Waals surface area contributed by atoms with Gasteiger partial charge in [0.15, 0.2) is 11.2 Å². The van der Waals surface area contributed by atoms with Gasteiger partial charge in [0.2, 0.25) is 5.91 Å². The Morgan fingerprint density at radius 2 is 1.83 bits per heavy atom. The maximum Gasteiger partial charge on any atom is 0.416 e. The second-order valence-corrected chi connectivity index (χ2v) is 6.92. The summed E-state index contributed by atoms with van der Waals surface area (Å²) in [7, 11) is 6.00. The number of hydrogen-bond donors (Lipinski definition) is 1. The zero-order valence-electron chi connectivity index (χ0n) is 16.6. The summed E-state index contributed by atoms with van der Waals surface area (Å²) in [5.41, 5.74) is -1.61. The first kappa shape index (κ1) is 21.1. The monoisotopic (exact) mass is 424 g/mol. The lowest BCUT2D eigenvalue weighted by molar-refractivity contribution is -0.137. The highest BCUT2D eigenvalue weighted by atomic mass is 19.4. The van der Waals surface area contributed by atoms with Crippen LogP contribution in [0.1, 0.15) is 5.56 Å². The van der Waals surface area contributed by atoms with Gasteiger partial charge in [-0.3, -0.25) is 18.7 Å². The Kier molecular flexibility index (Phi) is 5.18. The number of anilines is 2. The zero-order valence-corrected chi connectivity index (χ0v) is 16.6. The first-order valence-electron chi connectivity index (χ1n) is 8.71. The Balaban J connectivity index is 1.97. The number of alkyl halides is 3. The smallest absolute Gasteiger partial charge is 0.376 e. The molecule has 0 aliphatic heterocycles. The normalized spacial score (nSPS) is 11.7. The van der Waals surface area contributed by atoms with Crippen LogP contribution in [-0.2, 0) is 31.6 Å². The van der Waals surface area contributed by atoms with Gasteiger partial charge < -0.3 is 14.8 Å². The predicted octanol–water partition coefficient (Wildman–Crippen LogP) is 1.16. The molecule has 1 N–H and O–H groups in total. The van der Waals surface area contributed by atoms with E-state index in [1.165, 1.54) is 35.6 Å². The Bertz CT molecular complexity index is 1250. The van der Waals surface area contributed by atoms with Crippen molar-refractivity contribution in [2.24, 2.45) is 14.1 Å². The van der Waals surface area contributed by atoms with Crippen molar-refractivity contribution in [1.29, 1.82) is 0 Å². The summed E-state index contributed by atoms with van der Waals surface area (Å²) in [6.07, 6.45) is -3.34. The van der Waals surface area contributed by atoms with Gasteiger partial charge in [-0.2, -0.15) is 13.2 Å². The van der Waals surface area contributed by atoms with Gasteiger partial charge in [0.1, 0.15) is 6.54 Å². The number of rotatable bonds is 4. The van der Waals surface area contributed by atoms with Crippen molar-refractivity contribution in [3.05, 3.63) is 50.9 Å². The summed E-state index contributed by atoms with van der Waals surface area (Å²) in [4.78, 5) is 42.6. The fourth-order valence-corrected chi connectivity index (χ4v) is 3.06. The molecule has 1 aromatic carbocycles. The summed E-state index contributed by atoms with van der Waals surface area (Å²) in [5, 5.41) is 2.46. The average Bonchev–Trinajstić information content (AvgIpc) is 3.07. The number of aryl methyl sites for hydroxylation is 1. The Morgan fingerprint density at radius 1 is 1.17 bits per heavy atom. The second kappa shape index (κ2) is 7.35. The maximum absolute atomic E-state index is 13.1. The van der Waals surface area contributed by atoms with Gasteiger partial charge in [-0.1, -0.05) is 0 Å². The van der Waals surface area contributed by atoms with Crippen molar-refractivity contribution in [2.75, 3.05) is 24.3 Å². The van der Waals surface area contributed by atoms with Crippen molar-refractivity contribution in [3.8, 4) is 0 Å². The predicted molar refractivity (Wildman–Crippen MR) is 105 cm³/mol. The van der Waals surface area contributed by atoms with Crippen LogP contribution in [0.5, 0.6) is 0 Å². The summed E-state index contributed by atoms with van der Waals surface area (Å²) < 4.78 is 42.5. The van der Waals surface area contributed by atoms with E-state index < -0.39 is 28.9 Å². The van der Waals surface area contributed by atoms with Crippen LogP contribution in [0.25, 0.3) is 11.2 Å². The van der Waals surface area contributed by atoms with Gasteiger partial charge in [-0.15, -0.1) is 0 Å². The van der Waals surface area contributed by atoms with E-state index in [0.29, 0.717) is 5.69 Å². The number of hydrogen-bond acceptors (Lipinski definition) is 5. The molecule has 2 heterocycles. The maximum atomic E-state index is 13.1. The lowest BCUT2D eigenvalue weighted by atomic mass is 10.1. The summed E-state index contributed by atoms with van der Waals surface area (Å²) in [5.74, 6) is -0.660. The quantitative estimate of drug-likeness (QED) is 0.678. The van der Waals surface area contributed by atoms with Gasteiger partial charge in [0.25, 0.3) is 5.56 Å². The molecule has 0 aliphatic rings. The first-order chi connectivity index (χ1) is 13.9. The number of carbonyl (C=O) groups excluding carboxylic acids is 1. The topological polar surface area (TPSA) is 94.2 Å². The molecule has 0 aliphatic carbocycles. The highest BCUT2D eigenvalue weighted by Crippen LogP contribution is 2.34. The number of carbonyl (C=O) groups is 1. The van der Waals surface area contributed by atoms with E-state index in [-0.39, 0.29) is 23.4 Å². The molecule has 0 spiro atoms. The van der Waals surface area contributed by atoms with E-state index >= 15 is 0 Å². The van der Waals surface area contributed by atoms with Crippen LogP contribution in [0.4, 0.5) is 24.5 Å². The highest BCUT2D eigenvalue weighted by Gasteiger charge is 2.31. The van der Waals surface area contributed by atoms with Crippen LogP contribution < -0.4 is 21.5 Å². The van der Waals surface area contributed by atoms with Crippen LogP contribution in [-0.4, -0.2) is 38.7 Å². The van der Waals surface area contributed by atoms with Crippen LogP contribution in [0.15, 0.2) is 34.1 Å². The molecular formula is C18H19F3N6O3. The number of imidazole rings is 1. The molecule has 12 heteroatoms. The number of aromatic nitrogens is 4. The molecule has 0 fully saturated rings. The fraction of sp³-hybridized carbons (Fsp3) is 0.333. The SMILES string of the molecule is CN(C)c1ccc(C(F)(F)F)cc1NC(=O)Cn1cnc2c1c(=O)n(C)c(=O)n2C. The zero-order chi connectivity index (χ0) is 22.4. The highest BCUT2D eigenvalue weighted by molar-refractivity contribution is 5.95. The molecule has 0 unspecified atom stereocenters. The minimum Gasteiger partial charge on any atom is -0.376 e. The first-order valence-corrected chi connectivity index (χ1v) is 8.71. The van der Waals surface area contributed by atoms with Crippen LogP contribution in [0.2, 0.25) is 0 Å². The van der Waals surface area contributed by atoms with E-state index in [0.717, 1.165) is 16.7 Å². The van der Waals surface area contributed by atoms with Crippen molar-refractivity contribution in [2.45, 2.75) is 12.7 Å². The van der Waals surface area contributed by atoms with E-state index in [9.17, 15) is 27.6 Å². The fourth-order valence-electron chi connectivity index (χ4n) is 3.06.